The van der Waals surface area contributed by atoms with E-state index in [9.17, 15) is 14.0 Å². The second kappa shape index (κ2) is 12.6. The van der Waals surface area contributed by atoms with Gasteiger partial charge in [0.25, 0.3) is 11.8 Å². The van der Waals surface area contributed by atoms with Crippen LogP contribution in [-0.4, -0.2) is 59.1 Å². The van der Waals surface area contributed by atoms with Crippen molar-refractivity contribution in [1.82, 2.24) is 20.3 Å². The number of anilines is 2. The molecular weight excluding hydrogens is 529 g/mol. The van der Waals surface area contributed by atoms with Crippen LogP contribution in [0.25, 0.3) is 0 Å². The number of hydrazone groups is 1. The van der Waals surface area contributed by atoms with Crippen molar-refractivity contribution in [3.05, 3.63) is 106 Å². The quantitative estimate of drug-likeness (QED) is 0.247. The van der Waals surface area contributed by atoms with Crippen molar-refractivity contribution in [1.29, 1.82) is 0 Å². The lowest BCUT2D eigenvalue weighted by Crippen LogP contribution is -2.46. The monoisotopic (exact) mass is 557 g/mol. The Morgan fingerprint density at radius 2 is 1.80 bits per heavy atom. The lowest BCUT2D eigenvalue weighted by molar-refractivity contribution is 0.0956. The van der Waals surface area contributed by atoms with E-state index in [4.69, 9.17) is 0 Å². The molecule has 9 nitrogen and oxygen atoms in total. The van der Waals surface area contributed by atoms with Crippen LogP contribution in [0.1, 0.15) is 37.4 Å². The van der Waals surface area contributed by atoms with Gasteiger partial charge in [-0.2, -0.15) is 5.10 Å². The molecule has 2 amide bonds. The number of hydrogen-bond acceptors (Lipinski definition) is 8. The molecule has 2 aromatic heterocycles. The van der Waals surface area contributed by atoms with Crippen LogP contribution in [0.15, 0.2) is 77.5 Å². The summed E-state index contributed by atoms with van der Waals surface area (Å²) in [6.07, 6.45) is 4.87. The Hall–Kier alpha value is -4.48. The van der Waals surface area contributed by atoms with E-state index < -0.39 is 11.7 Å². The number of thiophene rings is 1. The fraction of sp³-hybridized carbons (Fsp3) is 0.207. The van der Waals surface area contributed by atoms with Crippen LogP contribution in [-0.2, 0) is 6.54 Å². The molecule has 1 fully saturated rings. The second-order valence-corrected chi connectivity index (χ2v) is 10.2. The van der Waals surface area contributed by atoms with Gasteiger partial charge in [0.05, 0.1) is 11.8 Å². The summed E-state index contributed by atoms with van der Waals surface area (Å²) in [5.74, 6) is -0.405. The Balaban J connectivity index is 1.19. The smallest absolute Gasteiger partial charge is 0.274 e. The van der Waals surface area contributed by atoms with Crippen molar-refractivity contribution in [2.75, 3.05) is 36.4 Å². The van der Waals surface area contributed by atoms with Crippen LogP contribution in [0.5, 0.6) is 0 Å². The first kappa shape index (κ1) is 27.1. The number of aromatic nitrogens is 2. The Morgan fingerprint density at radius 3 is 2.58 bits per heavy atom. The van der Waals surface area contributed by atoms with Gasteiger partial charge in [0.1, 0.15) is 10.8 Å². The highest BCUT2D eigenvalue weighted by molar-refractivity contribution is 7.15. The molecule has 0 unspecified atom stereocenters. The third kappa shape index (κ3) is 6.74. The van der Waals surface area contributed by atoms with Crippen LogP contribution in [0.3, 0.4) is 0 Å². The van der Waals surface area contributed by atoms with E-state index in [1.807, 2.05) is 24.3 Å². The standard InChI is InChI=1S/C29H28FN7O2S/c1-20-19-40-28(25(20)27(39)35-33-17-21-5-3-8-24(30)16-21)34-26(38)23-7-2-6-22(15-23)18-36-11-13-37(14-12-36)29-31-9-4-10-32-29/h2-10,15-17,19H,11-14,18H2,1H3,(H,34,38)(H,35,39). The van der Waals surface area contributed by atoms with Crippen LogP contribution < -0.4 is 15.6 Å². The fourth-order valence-corrected chi connectivity index (χ4v) is 5.37. The largest absolute Gasteiger partial charge is 0.338 e. The van der Waals surface area contributed by atoms with Crippen molar-refractivity contribution >= 4 is 40.3 Å². The van der Waals surface area contributed by atoms with Crippen molar-refractivity contribution in [3.63, 3.8) is 0 Å². The number of rotatable bonds is 8. The summed E-state index contributed by atoms with van der Waals surface area (Å²) in [5.41, 5.74) is 5.57. The molecular formula is C29H28FN7O2S. The number of nitrogens with zero attached hydrogens (tertiary/aromatic N) is 5. The highest BCUT2D eigenvalue weighted by Crippen LogP contribution is 2.28. The minimum Gasteiger partial charge on any atom is -0.338 e. The molecule has 204 valence electrons. The van der Waals surface area contributed by atoms with Gasteiger partial charge in [0, 0.05) is 50.7 Å². The summed E-state index contributed by atoms with van der Waals surface area (Å²) in [6, 6.07) is 15.2. The molecule has 0 bridgehead atoms. The molecule has 2 N–H and O–H groups in total. The van der Waals surface area contributed by atoms with E-state index in [1.54, 1.807) is 42.9 Å². The van der Waals surface area contributed by atoms with Crippen LogP contribution in [0.2, 0.25) is 0 Å². The zero-order valence-electron chi connectivity index (χ0n) is 21.9. The number of carbonyl (C=O) groups is 2. The van der Waals surface area contributed by atoms with Gasteiger partial charge in [-0.3, -0.25) is 14.5 Å². The maximum Gasteiger partial charge on any atom is 0.274 e. The van der Waals surface area contributed by atoms with E-state index in [0.717, 1.165) is 44.2 Å². The molecule has 0 radical (unpaired) electrons. The van der Waals surface area contributed by atoms with Crippen molar-refractivity contribution in [2.24, 2.45) is 5.10 Å². The Labute approximate surface area is 235 Å². The van der Waals surface area contributed by atoms with E-state index in [2.05, 4.69) is 35.6 Å². The number of nitrogens with one attached hydrogen (secondary N) is 2. The van der Waals surface area contributed by atoms with Gasteiger partial charge in [-0.25, -0.2) is 19.8 Å². The summed E-state index contributed by atoms with van der Waals surface area (Å²) in [6.45, 7) is 5.91. The molecule has 0 spiro atoms. The van der Waals surface area contributed by atoms with Crippen LogP contribution in [0, 0.1) is 12.7 Å². The summed E-state index contributed by atoms with van der Waals surface area (Å²) in [4.78, 5) is 39.2. The third-order valence-corrected chi connectivity index (χ3v) is 7.47. The van der Waals surface area contributed by atoms with Gasteiger partial charge in [-0.05, 0) is 59.3 Å². The molecule has 5 rings (SSSR count). The third-order valence-electron chi connectivity index (χ3n) is 6.46. The summed E-state index contributed by atoms with van der Waals surface area (Å²) in [5, 5.41) is 9.05. The van der Waals surface area contributed by atoms with E-state index in [1.165, 1.54) is 29.7 Å². The molecule has 0 atom stereocenters. The summed E-state index contributed by atoms with van der Waals surface area (Å²) in [7, 11) is 0. The lowest BCUT2D eigenvalue weighted by atomic mass is 10.1. The first-order chi connectivity index (χ1) is 19.5. The van der Waals surface area contributed by atoms with Crippen LogP contribution in [0.4, 0.5) is 15.3 Å². The van der Waals surface area contributed by atoms with E-state index >= 15 is 0 Å². The second-order valence-electron chi connectivity index (χ2n) is 9.34. The van der Waals surface area contributed by atoms with Gasteiger partial charge in [-0.1, -0.05) is 24.3 Å². The molecule has 2 aromatic carbocycles. The van der Waals surface area contributed by atoms with Crippen molar-refractivity contribution in [2.45, 2.75) is 13.5 Å². The SMILES string of the molecule is Cc1csc(NC(=O)c2cccc(CN3CCN(c4ncccn4)CC3)c2)c1C(=O)NN=Cc1cccc(F)c1. The molecule has 4 aromatic rings. The zero-order valence-corrected chi connectivity index (χ0v) is 22.7. The van der Waals surface area contributed by atoms with Gasteiger partial charge >= 0.3 is 0 Å². The highest BCUT2D eigenvalue weighted by atomic mass is 32.1. The van der Waals surface area contributed by atoms with Crippen molar-refractivity contribution < 1.29 is 14.0 Å². The maximum absolute atomic E-state index is 13.4. The number of benzene rings is 2. The minimum atomic E-state index is -0.463. The molecule has 11 heteroatoms. The Kier molecular flexibility index (Phi) is 8.53. The lowest BCUT2D eigenvalue weighted by Gasteiger charge is -2.34. The molecule has 3 heterocycles. The maximum atomic E-state index is 13.4. The number of hydrogen-bond donors (Lipinski definition) is 2. The van der Waals surface area contributed by atoms with Gasteiger partial charge in [-0.15, -0.1) is 11.3 Å². The Morgan fingerprint density at radius 1 is 1.02 bits per heavy atom. The van der Waals surface area contributed by atoms with E-state index in [0.29, 0.717) is 27.3 Å². The van der Waals surface area contributed by atoms with Gasteiger partial charge < -0.3 is 10.2 Å². The van der Waals surface area contributed by atoms with Gasteiger partial charge in [0.2, 0.25) is 5.95 Å². The molecule has 1 saturated heterocycles. The van der Waals surface area contributed by atoms with Gasteiger partial charge in [0.15, 0.2) is 0 Å². The molecule has 40 heavy (non-hydrogen) atoms. The highest BCUT2D eigenvalue weighted by Gasteiger charge is 2.21. The number of amides is 2. The first-order valence-electron chi connectivity index (χ1n) is 12.8. The van der Waals surface area contributed by atoms with Crippen LogP contribution >= 0.6 is 11.3 Å². The fourth-order valence-electron chi connectivity index (χ4n) is 4.43. The topological polar surface area (TPSA) is 103 Å². The number of piperazine rings is 1. The Bertz CT molecular complexity index is 1520. The predicted octanol–water partition coefficient (Wildman–Crippen LogP) is 4.32. The molecule has 1 aliphatic heterocycles. The number of carbonyl (C=O) groups excluding carboxylic acids is 2. The summed E-state index contributed by atoms with van der Waals surface area (Å²) < 4.78 is 13.4. The first-order valence-corrected chi connectivity index (χ1v) is 13.7. The summed E-state index contributed by atoms with van der Waals surface area (Å²) >= 11 is 1.27. The van der Waals surface area contributed by atoms with Crippen molar-refractivity contribution in [3.8, 4) is 0 Å². The normalized spacial score (nSPS) is 13.9. The average Bonchev–Trinajstić information content (AvgIpc) is 3.33. The molecule has 0 saturated carbocycles. The predicted molar refractivity (Wildman–Crippen MR) is 154 cm³/mol. The number of halogens is 1. The molecule has 0 aliphatic carbocycles. The molecule has 1 aliphatic rings. The minimum absolute atomic E-state index is 0.299. The number of aryl methyl sites for hydroxylation is 1. The average molecular weight is 558 g/mol. The zero-order chi connectivity index (χ0) is 27.9. The van der Waals surface area contributed by atoms with E-state index in [-0.39, 0.29) is 5.91 Å².